The molecule has 27 heavy (non-hydrogen) atoms. The van der Waals surface area contributed by atoms with E-state index in [0.29, 0.717) is 11.1 Å². The smallest absolute Gasteiger partial charge is 0.270 e. The van der Waals surface area contributed by atoms with E-state index < -0.39 is 10.5 Å². The molecule has 0 fully saturated rings. The summed E-state index contributed by atoms with van der Waals surface area (Å²) in [5.74, 6) is -0.237. The molecule has 0 saturated carbocycles. The van der Waals surface area contributed by atoms with Crippen LogP contribution < -0.4 is 5.56 Å². The van der Waals surface area contributed by atoms with Crippen molar-refractivity contribution < 1.29 is 9.72 Å². The number of H-pyrrole nitrogens is 1. The number of benzene rings is 2. The standard InChI is InChI=1S/C19H14N4O4/c1-11-18(13-4-2-3-5-16(13)21-11)17(24)9-22-10-20-15-7-6-12(23(26)27)8-14(15)19(22)25/h2-8,10,21H,9H2,1H3. The summed E-state index contributed by atoms with van der Waals surface area (Å²) in [4.78, 5) is 43.2. The van der Waals surface area contributed by atoms with Gasteiger partial charge in [0.25, 0.3) is 11.2 Å². The Hall–Kier alpha value is -3.81. The molecule has 0 amide bonds. The van der Waals surface area contributed by atoms with E-state index in [-0.39, 0.29) is 23.4 Å². The Morgan fingerprint density at radius 3 is 2.78 bits per heavy atom. The van der Waals surface area contributed by atoms with Crippen molar-refractivity contribution in [2.45, 2.75) is 13.5 Å². The van der Waals surface area contributed by atoms with E-state index in [1.165, 1.54) is 29.1 Å². The molecule has 0 saturated heterocycles. The molecule has 0 bridgehead atoms. The van der Waals surface area contributed by atoms with Crippen LogP contribution in [0.2, 0.25) is 0 Å². The SMILES string of the molecule is Cc1[nH]c2ccccc2c1C(=O)Cn1cnc2ccc([N+](=O)[O-])cc2c1=O. The van der Waals surface area contributed by atoms with Gasteiger partial charge in [0.1, 0.15) is 0 Å². The lowest BCUT2D eigenvalue weighted by Gasteiger charge is -2.06. The second kappa shape index (κ2) is 6.17. The Kier molecular flexibility index (Phi) is 3.80. The lowest BCUT2D eigenvalue weighted by molar-refractivity contribution is -0.384. The molecule has 0 spiro atoms. The van der Waals surface area contributed by atoms with Gasteiger partial charge in [-0.25, -0.2) is 4.98 Å². The zero-order chi connectivity index (χ0) is 19.1. The molecule has 1 N–H and O–H groups in total. The molecule has 8 nitrogen and oxygen atoms in total. The molecule has 0 atom stereocenters. The summed E-state index contributed by atoms with van der Waals surface area (Å²) >= 11 is 0. The van der Waals surface area contributed by atoms with Gasteiger partial charge in [-0.15, -0.1) is 0 Å². The van der Waals surface area contributed by atoms with Gasteiger partial charge < -0.3 is 4.98 Å². The molecule has 2 heterocycles. The van der Waals surface area contributed by atoms with Crippen molar-refractivity contribution in [2.75, 3.05) is 0 Å². The third kappa shape index (κ3) is 2.77. The molecule has 4 rings (SSSR count). The number of nitrogens with one attached hydrogen (secondary N) is 1. The third-order valence-electron chi connectivity index (χ3n) is 4.50. The molecule has 0 aliphatic carbocycles. The quantitative estimate of drug-likeness (QED) is 0.341. The average molecular weight is 362 g/mol. The number of hydrogen-bond donors (Lipinski definition) is 1. The number of fused-ring (bicyclic) bond motifs is 2. The van der Waals surface area contributed by atoms with Gasteiger partial charge in [0, 0.05) is 34.3 Å². The van der Waals surface area contributed by atoms with E-state index in [0.717, 1.165) is 16.6 Å². The Bertz CT molecular complexity index is 1290. The second-order valence-electron chi connectivity index (χ2n) is 6.23. The normalized spacial score (nSPS) is 11.1. The van der Waals surface area contributed by atoms with Crippen LogP contribution in [0.25, 0.3) is 21.8 Å². The Labute approximate surface area is 152 Å². The summed E-state index contributed by atoms with van der Waals surface area (Å²) in [6.45, 7) is 1.60. The topological polar surface area (TPSA) is 111 Å². The minimum Gasteiger partial charge on any atom is -0.358 e. The number of nitro groups is 1. The molecule has 2 aromatic carbocycles. The number of hydrogen-bond acceptors (Lipinski definition) is 5. The number of aryl methyl sites for hydroxylation is 1. The molecule has 8 heteroatoms. The first-order chi connectivity index (χ1) is 13.0. The molecule has 2 aromatic heterocycles. The summed E-state index contributed by atoms with van der Waals surface area (Å²) < 4.78 is 1.18. The number of nitro benzene ring substituents is 1. The van der Waals surface area contributed by atoms with E-state index in [1.807, 2.05) is 24.3 Å². The van der Waals surface area contributed by atoms with Gasteiger partial charge in [-0.1, -0.05) is 18.2 Å². The molecule has 0 unspecified atom stereocenters. The van der Waals surface area contributed by atoms with Crippen LogP contribution in [0.3, 0.4) is 0 Å². The van der Waals surface area contributed by atoms with Gasteiger partial charge in [-0.2, -0.15) is 0 Å². The van der Waals surface area contributed by atoms with Gasteiger partial charge >= 0.3 is 0 Å². The Balaban J connectivity index is 1.77. The van der Waals surface area contributed by atoms with Crippen LogP contribution in [0, 0.1) is 17.0 Å². The maximum Gasteiger partial charge on any atom is 0.270 e. The summed E-state index contributed by atoms with van der Waals surface area (Å²) in [5.41, 5.74) is 1.75. The number of aromatic nitrogens is 3. The van der Waals surface area contributed by atoms with Crippen molar-refractivity contribution in [3.63, 3.8) is 0 Å². The van der Waals surface area contributed by atoms with Crippen LogP contribution in [-0.4, -0.2) is 25.2 Å². The fourth-order valence-electron chi connectivity index (χ4n) is 3.24. The van der Waals surface area contributed by atoms with Crippen molar-refractivity contribution in [3.8, 4) is 0 Å². The second-order valence-corrected chi connectivity index (χ2v) is 6.23. The number of Topliss-reactive ketones (excluding diaryl/α,β-unsaturated/α-hetero) is 1. The van der Waals surface area contributed by atoms with Gasteiger partial charge in [0.15, 0.2) is 5.78 Å². The number of aromatic amines is 1. The summed E-state index contributed by atoms with van der Waals surface area (Å²) in [5, 5.41) is 11.9. The van der Waals surface area contributed by atoms with Crippen molar-refractivity contribution >= 4 is 33.3 Å². The highest BCUT2D eigenvalue weighted by molar-refractivity contribution is 6.09. The number of ketones is 1. The summed E-state index contributed by atoms with van der Waals surface area (Å²) in [7, 11) is 0. The van der Waals surface area contributed by atoms with Gasteiger partial charge in [-0.05, 0) is 19.1 Å². The minimum atomic E-state index is -0.573. The highest BCUT2D eigenvalue weighted by Crippen LogP contribution is 2.23. The number of non-ortho nitro benzene ring substituents is 1. The van der Waals surface area contributed by atoms with Crippen LogP contribution in [0.4, 0.5) is 5.69 Å². The third-order valence-corrected chi connectivity index (χ3v) is 4.50. The maximum absolute atomic E-state index is 12.9. The summed E-state index contributed by atoms with van der Waals surface area (Å²) in [6, 6.07) is 11.3. The van der Waals surface area contributed by atoms with Crippen LogP contribution in [-0.2, 0) is 6.54 Å². The number of carbonyl (C=O) groups is 1. The van der Waals surface area contributed by atoms with E-state index in [4.69, 9.17) is 0 Å². The van der Waals surface area contributed by atoms with Crippen molar-refractivity contribution in [1.29, 1.82) is 0 Å². The van der Waals surface area contributed by atoms with Crippen molar-refractivity contribution in [3.05, 3.63) is 80.5 Å². The lowest BCUT2D eigenvalue weighted by Crippen LogP contribution is -2.25. The van der Waals surface area contributed by atoms with Crippen LogP contribution in [0.1, 0.15) is 16.1 Å². The van der Waals surface area contributed by atoms with E-state index >= 15 is 0 Å². The number of nitrogens with zero attached hydrogens (tertiary/aromatic N) is 3. The number of carbonyl (C=O) groups excluding carboxylic acids is 1. The first-order valence-electron chi connectivity index (χ1n) is 8.20. The Morgan fingerprint density at radius 1 is 1.22 bits per heavy atom. The average Bonchev–Trinajstić information content (AvgIpc) is 2.99. The fourth-order valence-corrected chi connectivity index (χ4v) is 3.24. The number of para-hydroxylation sites is 1. The van der Waals surface area contributed by atoms with Crippen molar-refractivity contribution in [1.82, 2.24) is 14.5 Å². The fraction of sp³-hybridized carbons (Fsp3) is 0.105. The molecular weight excluding hydrogens is 348 g/mol. The van der Waals surface area contributed by atoms with Crippen LogP contribution >= 0.6 is 0 Å². The predicted molar refractivity (Wildman–Crippen MR) is 100 cm³/mol. The molecule has 0 aliphatic heterocycles. The molecular formula is C19H14N4O4. The zero-order valence-electron chi connectivity index (χ0n) is 14.3. The Morgan fingerprint density at radius 2 is 2.00 bits per heavy atom. The summed E-state index contributed by atoms with van der Waals surface area (Å²) in [6.07, 6.45) is 1.29. The molecule has 0 radical (unpaired) electrons. The first kappa shape index (κ1) is 16.6. The number of rotatable bonds is 4. The van der Waals surface area contributed by atoms with E-state index in [2.05, 4.69) is 9.97 Å². The van der Waals surface area contributed by atoms with E-state index in [1.54, 1.807) is 6.92 Å². The monoisotopic (exact) mass is 362 g/mol. The van der Waals surface area contributed by atoms with Gasteiger partial charge in [-0.3, -0.25) is 24.3 Å². The lowest BCUT2D eigenvalue weighted by atomic mass is 10.1. The van der Waals surface area contributed by atoms with Gasteiger partial charge in [0.05, 0.1) is 28.7 Å². The predicted octanol–water partition coefficient (Wildman–Crippen LogP) is 2.98. The van der Waals surface area contributed by atoms with Crippen LogP contribution in [0.15, 0.2) is 53.6 Å². The minimum absolute atomic E-state index is 0.107. The highest BCUT2D eigenvalue weighted by Gasteiger charge is 2.18. The highest BCUT2D eigenvalue weighted by atomic mass is 16.6. The first-order valence-corrected chi connectivity index (χ1v) is 8.20. The molecule has 4 aromatic rings. The maximum atomic E-state index is 12.9. The zero-order valence-corrected chi connectivity index (χ0v) is 14.3. The van der Waals surface area contributed by atoms with E-state index in [9.17, 15) is 19.7 Å². The molecule has 134 valence electrons. The van der Waals surface area contributed by atoms with Crippen molar-refractivity contribution in [2.24, 2.45) is 0 Å². The largest absolute Gasteiger partial charge is 0.358 e. The molecule has 0 aliphatic rings. The van der Waals surface area contributed by atoms with Gasteiger partial charge in [0.2, 0.25) is 0 Å². The van der Waals surface area contributed by atoms with Crippen LogP contribution in [0.5, 0.6) is 0 Å².